The summed E-state index contributed by atoms with van der Waals surface area (Å²) in [6.07, 6.45) is 3.62. The molecule has 0 atom stereocenters. The Kier molecular flexibility index (Phi) is 4.00. The first-order chi connectivity index (χ1) is 10.3. The fourth-order valence-corrected chi connectivity index (χ4v) is 2.23. The van der Waals surface area contributed by atoms with E-state index in [1.54, 1.807) is 6.26 Å². The number of amides is 1. The smallest absolute Gasteiger partial charge is 0.220 e. The number of para-hydroxylation sites is 2. The molecule has 3 rings (SSSR count). The molecule has 2 aromatic heterocycles. The summed E-state index contributed by atoms with van der Waals surface area (Å²) >= 11 is 0. The monoisotopic (exact) mass is 283 g/mol. The van der Waals surface area contributed by atoms with Crippen LogP contribution in [0, 0.1) is 0 Å². The van der Waals surface area contributed by atoms with Crippen molar-refractivity contribution in [3.8, 4) is 0 Å². The molecule has 0 bridgehead atoms. The van der Waals surface area contributed by atoms with Crippen LogP contribution in [0.4, 0.5) is 0 Å². The first kappa shape index (κ1) is 13.4. The summed E-state index contributed by atoms with van der Waals surface area (Å²) in [5, 5.41) is 2.83. The number of hydrogen-bond acceptors (Lipinski definition) is 3. The van der Waals surface area contributed by atoms with Gasteiger partial charge in [0, 0.05) is 12.8 Å². The van der Waals surface area contributed by atoms with Crippen molar-refractivity contribution in [1.29, 1.82) is 0 Å². The van der Waals surface area contributed by atoms with Gasteiger partial charge in [-0.05, 0) is 30.7 Å². The normalized spacial score (nSPS) is 10.9. The Bertz CT molecular complexity index is 683. The number of H-pyrrole nitrogens is 1. The van der Waals surface area contributed by atoms with E-state index in [-0.39, 0.29) is 5.91 Å². The summed E-state index contributed by atoms with van der Waals surface area (Å²) in [6, 6.07) is 11.6. The molecule has 1 aromatic carbocycles. The van der Waals surface area contributed by atoms with Gasteiger partial charge in [-0.2, -0.15) is 0 Å². The molecule has 5 nitrogen and oxygen atoms in total. The second kappa shape index (κ2) is 6.26. The predicted molar refractivity (Wildman–Crippen MR) is 79.6 cm³/mol. The van der Waals surface area contributed by atoms with Crippen LogP contribution in [0.3, 0.4) is 0 Å². The second-order valence-electron chi connectivity index (χ2n) is 4.91. The number of furan rings is 1. The van der Waals surface area contributed by atoms with Crippen LogP contribution in [-0.2, 0) is 17.8 Å². The van der Waals surface area contributed by atoms with Gasteiger partial charge in [0.05, 0.1) is 23.8 Å². The van der Waals surface area contributed by atoms with E-state index in [0.29, 0.717) is 13.0 Å². The van der Waals surface area contributed by atoms with Gasteiger partial charge in [-0.25, -0.2) is 4.98 Å². The molecule has 2 N–H and O–H groups in total. The molecule has 0 spiro atoms. The van der Waals surface area contributed by atoms with Crippen LogP contribution in [-0.4, -0.2) is 15.9 Å². The number of nitrogens with one attached hydrogen (secondary N) is 2. The molecule has 0 fully saturated rings. The highest BCUT2D eigenvalue weighted by atomic mass is 16.3. The van der Waals surface area contributed by atoms with Crippen molar-refractivity contribution < 1.29 is 9.21 Å². The van der Waals surface area contributed by atoms with Crippen molar-refractivity contribution in [2.24, 2.45) is 0 Å². The van der Waals surface area contributed by atoms with Crippen molar-refractivity contribution in [3.05, 3.63) is 54.2 Å². The van der Waals surface area contributed by atoms with Gasteiger partial charge in [0.25, 0.3) is 0 Å². The number of imidazole rings is 1. The Morgan fingerprint density at radius 3 is 2.95 bits per heavy atom. The largest absolute Gasteiger partial charge is 0.467 e. The quantitative estimate of drug-likeness (QED) is 0.730. The van der Waals surface area contributed by atoms with E-state index in [4.69, 9.17) is 4.42 Å². The highest BCUT2D eigenvalue weighted by molar-refractivity contribution is 5.76. The zero-order valence-electron chi connectivity index (χ0n) is 11.6. The van der Waals surface area contributed by atoms with E-state index in [1.807, 2.05) is 36.4 Å². The Labute approximate surface area is 122 Å². The molecule has 0 saturated heterocycles. The van der Waals surface area contributed by atoms with Crippen LogP contribution in [0.2, 0.25) is 0 Å². The molecular weight excluding hydrogens is 266 g/mol. The number of fused-ring (bicyclic) bond motifs is 1. The lowest BCUT2D eigenvalue weighted by atomic mass is 10.2. The van der Waals surface area contributed by atoms with Gasteiger partial charge in [0.2, 0.25) is 5.91 Å². The molecule has 0 aliphatic carbocycles. The Morgan fingerprint density at radius 1 is 1.24 bits per heavy atom. The molecule has 3 aromatic rings. The molecule has 0 saturated carbocycles. The topological polar surface area (TPSA) is 70.9 Å². The lowest BCUT2D eigenvalue weighted by molar-refractivity contribution is -0.121. The average molecular weight is 283 g/mol. The van der Waals surface area contributed by atoms with Crippen LogP contribution in [0.15, 0.2) is 47.1 Å². The fraction of sp³-hybridized carbons (Fsp3) is 0.250. The minimum atomic E-state index is 0.0301. The van der Waals surface area contributed by atoms with Crippen LogP contribution in [0.1, 0.15) is 24.4 Å². The van der Waals surface area contributed by atoms with Gasteiger partial charge in [-0.3, -0.25) is 4.79 Å². The van der Waals surface area contributed by atoms with Gasteiger partial charge in [0.1, 0.15) is 11.6 Å². The van der Waals surface area contributed by atoms with Gasteiger partial charge < -0.3 is 14.7 Å². The SMILES string of the molecule is O=C(CCCc1nc2ccccc2[nH]1)NCc1ccco1. The van der Waals surface area contributed by atoms with E-state index in [9.17, 15) is 4.79 Å². The summed E-state index contributed by atoms with van der Waals surface area (Å²) in [7, 11) is 0. The number of rotatable bonds is 6. The maximum Gasteiger partial charge on any atom is 0.220 e. The summed E-state index contributed by atoms with van der Waals surface area (Å²) in [5.41, 5.74) is 2.00. The van der Waals surface area contributed by atoms with Gasteiger partial charge >= 0.3 is 0 Å². The van der Waals surface area contributed by atoms with Gasteiger partial charge in [-0.15, -0.1) is 0 Å². The van der Waals surface area contributed by atoms with E-state index in [0.717, 1.165) is 35.5 Å². The van der Waals surface area contributed by atoms with Crippen LogP contribution in [0.25, 0.3) is 11.0 Å². The van der Waals surface area contributed by atoms with E-state index < -0.39 is 0 Å². The third kappa shape index (κ3) is 3.51. The number of nitrogens with zero attached hydrogens (tertiary/aromatic N) is 1. The van der Waals surface area contributed by atoms with Crippen molar-refractivity contribution in [2.45, 2.75) is 25.8 Å². The fourth-order valence-electron chi connectivity index (χ4n) is 2.23. The van der Waals surface area contributed by atoms with Crippen molar-refractivity contribution in [3.63, 3.8) is 0 Å². The van der Waals surface area contributed by atoms with E-state index in [2.05, 4.69) is 15.3 Å². The molecule has 108 valence electrons. The van der Waals surface area contributed by atoms with Crippen LogP contribution >= 0.6 is 0 Å². The molecular formula is C16H17N3O2. The first-order valence-electron chi connectivity index (χ1n) is 7.04. The Morgan fingerprint density at radius 2 is 2.14 bits per heavy atom. The minimum absolute atomic E-state index is 0.0301. The molecule has 0 aliphatic heterocycles. The van der Waals surface area contributed by atoms with Crippen molar-refractivity contribution in [1.82, 2.24) is 15.3 Å². The third-order valence-electron chi connectivity index (χ3n) is 3.30. The standard InChI is InChI=1S/C16H17N3O2/c20-16(17-11-12-5-4-10-21-12)9-3-8-15-18-13-6-1-2-7-14(13)19-15/h1-2,4-7,10H,3,8-9,11H2,(H,17,20)(H,18,19). The molecule has 5 heteroatoms. The number of benzene rings is 1. The summed E-state index contributed by atoms with van der Waals surface area (Å²) < 4.78 is 5.16. The highest BCUT2D eigenvalue weighted by Crippen LogP contribution is 2.11. The van der Waals surface area contributed by atoms with Gasteiger partial charge in [-0.1, -0.05) is 12.1 Å². The van der Waals surface area contributed by atoms with E-state index >= 15 is 0 Å². The number of aromatic nitrogens is 2. The number of carbonyl (C=O) groups excluding carboxylic acids is 1. The Balaban J connectivity index is 1.44. The number of carbonyl (C=O) groups is 1. The summed E-state index contributed by atoms with van der Waals surface area (Å²) in [4.78, 5) is 19.5. The number of aryl methyl sites for hydroxylation is 1. The number of aromatic amines is 1. The van der Waals surface area contributed by atoms with Gasteiger partial charge in [0.15, 0.2) is 0 Å². The molecule has 0 unspecified atom stereocenters. The predicted octanol–water partition coefficient (Wildman–Crippen LogP) is 2.80. The zero-order valence-corrected chi connectivity index (χ0v) is 11.6. The third-order valence-corrected chi connectivity index (χ3v) is 3.30. The molecule has 0 aliphatic rings. The zero-order chi connectivity index (χ0) is 14.5. The summed E-state index contributed by atoms with van der Waals surface area (Å²) in [6.45, 7) is 0.441. The van der Waals surface area contributed by atoms with Crippen molar-refractivity contribution >= 4 is 16.9 Å². The molecule has 2 heterocycles. The van der Waals surface area contributed by atoms with E-state index in [1.165, 1.54) is 0 Å². The molecule has 21 heavy (non-hydrogen) atoms. The summed E-state index contributed by atoms with van der Waals surface area (Å²) in [5.74, 6) is 1.72. The average Bonchev–Trinajstić information content (AvgIpc) is 3.14. The Hall–Kier alpha value is -2.56. The lowest BCUT2D eigenvalue weighted by Crippen LogP contribution is -2.22. The lowest BCUT2D eigenvalue weighted by Gasteiger charge is -2.02. The molecule has 1 amide bonds. The maximum atomic E-state index is 11.7. The highest BCUT2D eigenvalue weighted by Gasteiger charge is 2.05. The van der Waals surface area contributed by atoms with Crippen LogP contribution in [0.5, 0.6) is 0 Å². The second-order valence-corrected chi connectivity index (χ2v) is 4.91. The maximum absolute atomic E-state index is 11.7. The molecule has 0 radical (unpaired) electrons. The number of hydrogen-bond donors (Lipinski definition) is 2. The van der Waals surface area contributed by atoms with Crippen molar-refractivity contribution in [2.75, 3.05) is 0 Å². The minimum Gasteiger partial charge on any atom is -0.467 e. The van der Waals surface area contributed by atoms with Crippen LogP contribution < -0.4 is 5.32 Å². The first-order valence-corrected chi connectivity index (χ1v) is 7.04.